The maximum Gasteiger partial charge on any atom is 0.504 e. The van der Waals surface area contributed by atoms with Crippen LogP contribution < -0.4 is 10.6 Å². The number of carbonyl (C=O) groups excluding carboxylic acids is 2. The molecule has 0 aliphatic rings. The molecule has 2 amide bonds. The van der Waals surface area contributed by atoms with E-state index in [-0.39, 0.29) is 11.4 Å². The fourth-order valence-electron chi connectivity index (χ4n) is 3.47. The highest BCUT2D eigenvalue weighted by molar-refractivity contribution is 8.31. The Morgan fingerprint density at radius 2 is 0.872 bits per heavy atom. The lowest BCUT2D eigenvalue weighted by Crippen LogP contribution is -2.26. The summed E-state index contributed by atoms with van der Waals surface area (Å²) < 4.78 is 50.9. The van der Waals surface area contributed by atoms with E-state index >= 15 is 0 Å². The van der Waals surface area contributed by atoms with Gasteiger partial charge in [0.05, 0.1) is 9.79 Å². The molecular formula is C27H20N4O6S2. The van der Waals surface area contributed by atoms with Crippen LogP contribution in [0.1, 0.15) is 20.7 Å². The molecule has 4 aromatic rings. The standard InChI is InChI=1S/C27H20N4O6S2/c28-31-27(38(34,35)23-15-11-21(12-16-23)29-25(32)19-7-3-1-4-8-19)39(36,37)24-17-13-22(14-18-24)30-26(33)20-9-5-2-6-10-20/h1-18H,(H,29,32)(H,30,33). The van der Waals surface area contributed by atoms with Gasteiger partial charge in [0, 0.05) is 22.5 Å². The zero-order valence-corrected chi connectivity index (χ0v) is 21.7. The van der Waals surface area contributed by atoms with Crippen molar-refractivity contribution in [3.05, 3.63) is 126 Å². The van der Waals surface area contributed by atoms with Gasteiger partial charge in [-0.15, -0.1) is 4.79 Å². The molecule has 4 rings (SSSR count). The summed E-state index contributed by atoms with van der Waals surface area (Å²) in [6.07, 6.45) is 0. The van der Waals surface area contributed by atoms with Crippen LogP contribution in [0, 0.1) is 0 Å². The van der Waals surface area contributed by atoms with Crippen molar-refractivity contribution in [3.63, 3.8) is 0 Å². The topological polar surface area (TPSA) is 163 Å². The maximum absolute atomic E-state index is 13.1. The normalized spacial score (nSPS) is 11.2. The molecule has 0 saturated carbocycles. The Bertz CT molecular complexity index is 1660. The monoisotopic (exact) mass is 560 g/mol. The van der Waals surface area contributed by atoms with Crippen LogP contribution in [0.2, 0.25) is 0 Å². The minimum Gasteiger partial charge on any atom is -0.359 e. The number of hydrogen-bond acceptors (Lipinski definition) is 6. The zero-order valence-electron chi connectivity index (χ0n) is 20.1. The third kappa shape index (κ3) is 5.99. The molecule has 12 heteroatoms. The molecule has 0 aliphatic heterocycles. The number of sulfone groups is 2. The summed E-state index contributed by atoms with van der Waals surface area (Å²) in [5.74, 6) is -0.843. The van der Waals surface area contributed by atoms with Crippen LogP contribution in [-0.2, 0) is 19.7 Å². The molecule has 0 aliphatic carbocycles. The van der Waals surface area contributed by atoms with E-state index in [1.165, 1.54) is 24.3 Å². The average molecular weight is 561 g/mol. The summed E-state index contributed by atoms with van der Waals surface area (Å²) in [5, 5.41) is 5.21. The van der Waals surface area contributed by atoms with Crippen molar-refractivity contribution in [1.29, 1.82) is 0 Å². The first-order chi connectivity index (χ1) is 18.6. The van der Waals surface area contributed by atoms with Crippen molar-refractivity contribution < 1.29 is 31.2 Å². The second kappa shape index (κ2) is 11.2. The Labute approximate surface area is 224 Å². The Kier molecular flexibility index (Phi) is 7.82. The van der Waals surface area contributed by atoms with Gasteiger partial charge in [-0.25, -0.2) is 16.8 Å². The van der Waals surface area contributed by atoms with Gasteiger partial charge in [-0.3, -0.25) is 9.59 Å². The van der Waals surface area contributed by atoms with Gasteiger partial charge in [-0.2, -0.15) is 0 Å². The lowest BCUT2D eigenvalue weighted by molar-refractivity contribution is 0.00379. The zero-order chi connectivity index (χ0) is 28.0. The van der Waals surface area contributed by atoms with E-state index in [1.807, 2.05) is 0 Å². The SMILES string of the molecule is [N-]=[N+]=C(S(=O)(=O)c1ccc(NC(=O)c2ccccc2)cc1)S(=O)(=O)c1ccc(NC(=O)c2ccccc2)cc1. The van der Waals surface area contributed by atoms with E-state index < -0.39 is 45.7 Å². The highest BCUT2D eigenvalue weighted by Gasteiger charge is 2.44. The fraction of sp³-hybridized carbons (Fsp3) is 0. The van der Waals surface area contributed by atoms with Gasteiger partial charge in [0.1, 0.15) is 0 Å². The number of nitrogens with one attached hydrogen (secondary N) is 2. The van der Waals surface area contributed by atoms with Gasteiger partial charge in [-0.1, -0.05) is 36.4 Å². The van der Waals surface area contributed by atoms with Crippen molar-refractivity contribution in [2.45, 2.75) is 9.79 Å². The lowest BCUT2D eigenvalue weighted by atomic mass is 10.2. The summed E-state index contributed by atoms with van der Waals surface area (Å²) in [5.41, 5.74) is 10.7. The molecule has 39 heavy (non-hydrogen) atoms. The summed E-state index contributed by atoms with van der Waals surface area (Å²) in [6.45, 7) is 0. The van der Waals surface area contributed by atoms with Crippen LogP contribution in [0.25, 0.3) is 5.53 Å². The van der Waals surface area contributed by atoms with Crippen LogP contribution in [-0.4, -0.2) is 37.8 Å². The summed E-state index contributed by atoms with van der Waals surface area (Å²) in [7, 11) is -9.58. The predicted octanol–water partition coefficient (Wildman–Crippen LogP) is 4.02. The van der Waals surface area contributed by atoms with Crippen LogP contribution in [0.4, 0.5) is 11.4 Å². The Hall–Kier alpha value is -4.90. The van der Waals surface area contributed by atoms with Crippen molar-refractivity contribution in [1.82, 2.24) is 0 Å². The molecule has 0 radical (unpaired) electrons. The minimum absolute atomic E-state index is 0.265. The average Bonchev–Trinajstić information content (AvgIpc) is 2.94. The molecule has 196 valence electrons. The molecule has 0 heterocycles. The van der Waals surface area contributed by atoms with Gasteiger partial charge < -0.3 is 16.2 Å². The smallest absolute Gasteiger partial charge is 0.359 e. The van der Waals surface area contributed by atoms with Gasteiger partial charge in [0.25, 0.3) is 31.5 Å². The van der Waals surface area contributed by atoms with E-state index in [0.717, 1.165) is 24.3 Å². The number of amides is 2. The molecule has 0 aromatic heterocycles. The molecule has 10 nitrogen and oxygen atoms in total. The number of nitrogens with zero attached hydrogens (tertiary/aromatic N) is 2. The molecule has 0 atom stereocenters. The Balaban J connectivity index is 1.52. The Morgan fingerprint density at radius 3 is 1.18 bits per heavy atom. The first-order valence-electron chi connectivity index (χ1n) is 11.3. The summed E-state index contributed by atoms with van der Waals surface area (Å²) in [4.78, 5) is 26.3. The largest absolute Gasteiger partial charge is 0.504 e. The summed E-state index contributed by atoms with van der Waals surface area (Å²) >= 11 is 0. The van der Waals surface area contributed by atoms with Crippen LogP contribution in [0.15, 0.2) is 119 Å². The second-order valence-corrected chi connectivity index (χ2v) is 12.1. The second-order valence-electron chi connectivity index (χ2n) is 8.06. The summed E-state index contributed by atoms with van der Waals surface area (Å²) in [6, 6.07) is 26.1. The molecule has 0 fully saturated rings. The van der Waals surface area contributed by atoms with Gasteiger partial charge in [0.2, 0.25) is 0 Å². The highest BCUT2D eigenvalue weighted by atomic mass is 32.3. The molecule has 0 saturated heterocycles. The van der Waals surface area contributed by atoms with E-state index in [9.17, 15) is 32.0 Å². The number of carbonyl (C=O) groups is 2. The quantitative estimate of drug-likeness (QED) is 0.157. The molecule has 0 spiro atoms. The predicted molar refractivity (Wildman–Crippen MR) is 145 cm³/mol. The van der Waals surface area contributed by atoms with Gasteiger partial charge >= 0.3 is 4.38 Å². The van der Waals surface area contributed by atoms with Crippen molar-refractivity contribution >= 4 is 47.2 Å². The van der Waals surface area contributed by atoms with E-state index in [1.54, 1.807) is 60.7 Å². The van der Waals surface area contributed by atoms with Gasteiger partial charge in [0.15, 0.2) is 0 Å². The highest BCUT2D eigenvalue weighted by Crippen LogP contribution is 2.23. The molecule has 0 unspecified atom stereocenters. The van der Waals surface area contributed by atoms with Gasteiger partial charge in [-0.05, 0) is 72.8 Å². The van der Waals surface area contributed by atoms with E-state index in [4.69, 9.17) is 0 Å². The van der Waals surface area contributed by atoms with Crippen LogP contribution in [0.3, 0.4) is 0 Å². The first kappa shape index (κ1) is 27.1. The number of benzene rings is 4. The third-order valence-corrected chi connectivity index (χ3v) is 9.64. The van der Waals surface area contributed by atoms with Crippen LogP contribution >= 0.6 is 0 Å². The number of rotatable bonds is 6. The fourth-order valence-corrected chi connectivity index (χ4v) is 6.81. The van der Waals surface area contributed by atoms with E-state index in [2.05, 4.69) is 15.4 Å². The number of anilines is 2. The first-order valence-corrected chi connectivity index (χ1v) is 14.2. The molecular weight excluding hydrogens is 540 g/mol. The van der Waals surface area contributed by atoms with Crippen molar-refractivity contribution in [2.75, 3.05) is 10.6 Å². The van der Waals surface area contributed by atoms with Crippen molar-refractivity contribution in [2.24, 2.45) is 0 Å². The maximum atomic E-state index is 13.1. The third-order valence-electron chi connectivity index (χ3n) is 5.46. The molecule has 0 bridgehead atoms. The molecule has 2 N–H and O–H groups in total. The van der Waals surface area contributed by atoms with Crippen molar-refractivity contribution in [3.8, 4) is 0 Å². The minimum atomic E-state index is -4.79. The lowest BCUT2D eigenvalue weighted by Gasteiger charge is -2.08. The number of hydrogen-bond donors (Lipinski definition) is 2. The van der Waals surface area contributed by atoms with E-state index in [0.29, 0.717) is 11.1 Å². The molecule has 4 aromatic carbocycles. The van der Waals surface area contributed by atoms with Crippen LogP contribution in [0.5, 0.6) is 0 Å². The Morgan fingerprint density at radius 1 is 0.538 bits per heavy atom.